The minimum absolute atomic E-state index is 0.246. The molecule has 1 fully saturated rings. The molecule has 1 aromatic carbocycles. The van der Waals surface area contributed by atoms with Crippen LogP contribution >= 0.6 is 15.9 Å². The van der Waals surface area contributed by atoms with E-state index >= 15 is 0 Å². The molecule has 0 atom stereocenters. The van der Waals surface area contributed by atoms with Crippen LogP contribution in [-0.2, 0) is 14.9 Å². The highest BCUT2D eigenvalue weighted by molar-refractivity contribution is 9.10. The predicted octanol–water partition coefficient (Wildman–Crippen LogP) is 3.11. The Hall–Kier alpha value is -1.75. The maximum absolute atomic E-state index is 11.9. The van der Waals surface area contributed by atoms with Crippen molar-refractivity contribution < 1.29 is 9.53 Å². The molecule has 20 heavy (non-hydrogen) atoms. The molecular formula is C15H13BrN2O2. The molecule has 1 saturated carbocycles. The van der Waals surface area contributed by atoms with Gasteiger partial charge in [-0.2, -0.15) is 0 Å². The number of aromatic nitrogens is 2. The number of carbonyl (C=O) groups excluding carboxylic acids is 1. The van der Waals surface area contributed by atoms with Crippen LogP contribution in [0.4, 0.5) is 0 Å². The molecule has 5 heteroatoms. The summed E-state index contributed by atoms with van der Waals surface area (Å²) in [6, 6.07) is 9.73. The molecule has 1 aromatic heterocycles. The van der Waals surface area contributed by atoms with Gasteiger partial charge in [0, 0.05) is 16.2 Å². The van der Waals surface area contributed by atoms with E-state index in [2.05, 4.69) is 25.9 Å². The summed E-state index contributed by atoms with van der Waals surface area (Å²) in [5.74, 6) is 0.311. The predicted molar refractivity (Wildman–Crippen MR) is 78.1 cm³/mol. The van der Waals surface area contributed by atoms with Crippen LogP contribution in [0.1, 0.15) is 18.7 Å². The van der Waals surface area contributed by atoms with Gasteiger partial charge in [0.2, 0.25) is 0 Å². The second-order valence-electron chi connectivity index (χ2n) is 4.85. The largest absolute Gasteiger partial charge is 0.468 e. The number of nitrogens with zero attached hydrogens (tertiary/aromatic N) is 2. The van der Waals surface area contributed by atoms with Crippen molar-refractivity contribution in [3.63, 3.8) is 0 Å². The molecule has 1 heterocycles. The maximum atomic E-state index is 11.9. The van der Waals surface area contributed by atoms with E-state index in [1.807, 2.05) is 30.3 Å². The summed E-state index contributed by atoms with van der Waals surface area (Å²) in [4.78, 5) is 20.7. The minimum atomic E-state index is -0.628. The van der Waals surface area contributed by atoms with Gasteiger partial charge in [0.25, 0.3) is 0 Å². The van der Waals surface area contributed by atoms with E-state index in [1.165, 1.54) is 7.11 Å². The zero-order valence-electron chi connectivity index (χ0n) is 11.0. The SMILES string of the molecule is COC(=O)C1(c2nccc(-c3cccc(Br)c3)n2)CC1. The first kappa shape index (κ1) is 13.2. The first-order valence-electron chi connectivity index (χ1n) is 6.33. The molecule has 2 aromatic rings. The van der Waals surface area contributed by atoms with Crippen molar-refractivity contribution in [2.75, 3.05) is 7.11 Å². The van der Waals surface area contributed by atoms with Gasteiger partial charge in [0.05, 0.1) is 12.8 Å². The minimum Gasteiger partial charge on any atom is -0.468 e. The number of carbonyl (C=O) groups is 1. The summed E-state index contributed by atoms with van der Waals surface area (Å²) in [6.45, 7) is 0. The first-order chi connectivity index (χ1) is 9.65. The Morgan fingerprint density at radius 1 is 1.35 bits per heavy atom. The van der Waals surface area contributed by atoms with Gasteiger partial charge in [-0.25, -0.2) is 9.97 Å². The van der Waals surface area contributed by atoms with Crippen LogP contribution in [-0.4, -0.2) is 23.0 Å². The van der Waals surface area contributed by atoms with Crippen molar-refractivity contribution in [3.05, 3.63) is 46.8 Å². The van der Waals surface area contributed by atoms with Gasteiger partial charge in [-0.1, -0.05) is 28.1 Å². The third-order valence-electron chi connectivity index (χ3n) is 3.53. The van der Waals surface area contributed by atoms with Crippen LogP contribution in [0.3, 0.4) is 0 Å². The lowest BCUT2D eigenvalue weighted by molar-refractivity contribution is -0.143. The Bertz CT molecular complexity index is 668. The van der Waals surface area contributed by atoms with Crippen molar-refractivity contribution in [2.45, 2.75) is 18.3 Å². The third kappa shape index (κ3) is 2.22. The van der Waals surface area contributed by atoms with Crippen molar-refractivity contribution in [1.29, 1.82) is 0 Å². The summed E-state index contributed by atoms with van der Waals surface area (Å²) < 4.78 is 5.86. The molecular weight excluding hydrogens is 320 g/mol. The molecule has 1 aliphatic carbocycles. The second kappa shape index (κ2) is 4.98. The Kier molecular flexibility index (Phi) is 3.30. The van der Waals surface area contributed by atoms with E-state index in [9.17, 15) is 4.79 Å². The van der Waals surface area contributed by atoms with Gasteiger partial charge >= 0.3 is 5.97 Å². The average molecular weight is 333 g/mol. The molecule has 0 bridgehead atoms. The molecule has 0 spiro atoms. The number of hydrogen-bond donors (Lipinski definition) is 0. The Labute approximate surface area is 125 Å². The monoisotopic (exact) mass is 332 g/mol. The number of ether oxygens (including phenoxy) is 1. The molecule has 0 unspecified atom stereocenters. The van der Waals surface area contributed by atoms with Crippen LogP contribution in [0.2, 0.25) is 0 Å². The van der Waals surface area contributed by atoms with Gasteiger partial charge in [-0.15, -0.1) is 0 Å². The van der Waals surface area contributed by atoms with Crippen LogP contribution < -0.4 is 0 Å². The normalized spacial score (nSPS) is 15.7. The van der Waals surface area contributed by atoms with Crippen LogP contribution in [0.5, 0.6) is 0 Å². The maximum Gasteiger partial charge on any atom is 0.319 e. The Morgan fingerprint density at radius 3 is 2.80 bits per heavy atom. The number of methoxy groups -OCH3 is 1. The lowest BCUT2D eigenvalue weighted by atomic mass is 10.1. The number of halogens is 1. The van der Waals surface area contributed by atoms with Gasteiger partial charge < -0.3 is 4.74 Å². The third-order valence-corrected chi connectivity index (χ3v) is 4.02. The smallest absolute Gasteiger partial charge is 0.319 e. The topological polar surface area (TPSA) is 52.1 Å². The lowest BCUT2D eigenvalue weighted by Crippen LogP contribution is -2.24. The summed E-state index contributed by atoms with van der Waals surface area (Å²) >= 11 is 3.45. The Morgan fingerprint density at radius 2 is 2.15 bits per heavy atom. The van der Waals surface area contributed by atoms with E-state index in [0.29, 0.717) is 5.82 Å². The van der Waals surface area contributed by atoms with E-state index in [0.717, 1.165) is 28.6 Å². The fourth-order valence-electron chi connectivity index (χ4n) is 2.24. The zero-order valence-corrected chi connectivity index (χ0v) is 12.6. The highest BCUT2D eigenvalue weighted by Gasteiger charge is 2.55. The number of esters is 1. The molecule has 0 radical (unpaired) electrons. The highest BCUT2D eigenvalue weighted by Crippen LogP contribution is 2.47. The zero-order chi connectivity index (χ0) is 14.2. The van der Waals surface area contributed by atoms with Crippen molar-refractivity contribution in [3.8, 4) is 11.3 Å². The fourth-order valence-corrected chi connectivity index (χ4v) is 2.64. The van der Waals surface area contributed by atoms with E-state index in [-0.39, 0.29) is 5.97 Å². The number of benzene rings is 1. The molecule has 102 valence electrons. The van der Waals surface area contributed by atoms with E-state index in [4.69, 9.17) is 4.74 Å². The lowest BCUT2D eigenvalue weighted by Gasteiger charge is -2.12. The van der Waals surface area contributed by atoms with Crippen molar-refractivity contribution in [2.24, 2.45) is 0 Å². The quantitative estimate of drug-likeness (QED) is 0.810. The standard InChI is InChI=1S/C15H13BrN2O2/c1-20-14(19)15(6-7-15)13-17-8-5-12(18-13)10-3-2-4-11(16)9-10/h2-5,8-9H,6-7H2,1H3. The van der Waals surface area contributed by atoms with Crippen LogP contribution in [0.25, 0.3) is 11.3 Å². The summed E-state index contributed by atoms with van der Waals surface area (Å²) in [7, 11) is 1.40. The fraction of sp³-hybridized carbons (Fsp3) is 0.267. The number of rotatable bonds is 3. The molecule has 4 nitrogen and oxygen atoms in total. The van der Waals surface area contributed by atoms with Gasteiger partial charge in [-0.3, -0.25) is 4.79 Å². The second-order valence-corrected chi connectivity index (χ2v) is 5.77. The molecule has 3 rings (SSSR count). The molecule has 1 aliphatic rings. The van der Waals surface area contributed by atoms with E-state index < -0.39 is 5.41 Å². The summed E-state index contributed by atoms with van der Waals surface area (Å²) in [5, 5.41) is 0. The van der Waals surface area contributed by atoms with Crippen molar-refractivity contribution >= 4 is 21.9 Å². The average Bonchev–Trinajstić information content (AvgIpc) is 3.28. The Balaban J connectivity index is 2.01. The van der Waals surface area contributed by atoms with Crippen molar-refractivity contribution in [1.82, 2.24) is 9.97 Å². The summed E-state index contributed by atoms with van der Waals surface area (Å²) in [6.07, 6.45) is 3.20. The van der Waals surface area contributed by atoms with E-state index in [1.54, 1.807) is 6.20 Å². The molecule has 0 saturated heterocycles. The van der Waals surface area contributed by atoms with Gasteiger partial charge in [-0.05, 0) is 31.0 Å². The van der Waals surface area contributed by atoms with Crippen LogP contribution in [0.15, 0.2) is 41.0 Å². The summed E-state index contributed by atoms with van der Waals surface area (Å²) in [5.41, 5.74) is 1.17. The molecule has 0 aliphatic heterocycles. The van der Waals surface area contributed by atoms with Gasteiger partial charge in [0.1, 0.15) is 11.2 Å². The number of hydrogen-bond acceptors (Lipinski definition) is 4. The molecule has 0 amide bonds. The highest BCUT2D eigenvalue weighted by atomic mass is 79.9. The first-order valence-corrected chi connectivity index (χ1v) is 7.13. The van der Waals surface area contributed by atoms with Crippen LogP contribution in [0, 0.1) is 0 Å². The molecule has 0 N–H and O–H groups in total. The van der Waals surface area contributed by atoms with Gasteiger partial charge in [0.15, 0.2) is 0 Å².